The lowest BCUT2D eigenvalue weighted by molar-refractivity contribution is 0.0955. The third kappa shape index (κ3) is 3.48. The lowest BCUT2D eigenvalue weighted by Gasteiger charge is -2.01. The summed E-state index contributed by atoms with van der Waals surface area (Å²) in [4.78, 5) is 11.8. The van der Waals surface area contributed by atoms with Gasteiger partial charge in [0, 0.05) is 11.1 Å². The zero-order chi connectivity index (χ0) is 13.7. The van der Waals surface area contributed by atoms with Crippen LogP contribution in [-0.2, 0) is 0 Å². The average molecular weight is 256 g/mol. The van der Waals surface area contributed by atoms with Gasteiger partial charge < -0.3 is 0 Å². The molecule has 1 amide bonds. The molecule has 0 fully saturated rings. The molecule has 4 heteroatoms. The van der Waals surface area contributed by atoms with E-state index < -0.39 is 0 Å². The number of rotatable bonds is 3. The van der Waals surface area contributed by atoms with E-state index in [0.717, 1.165) is 5.56 Å². The fourth-order valence-electron chi connectivity index (χ4n) is 1.59. The molecule has 0 atom stereocenters. The monoisotopic (exact) mass is 256 g/mol. The van der Waals surface area contributed by atoms with Crippen molar-refractivity contribution in [2.24, 2.45) is 5.10 Å². The summed E-state index contributed by atoms with van der Waals surface area (Å²) in [6.07, 6.45) is 1.28. The molecule has 0 saturated carbocycles. The van der Waals surface area contributed by atoms with Crippen molar-refractivity contribution in [2.45, 2.75) is 6.92 Å². The first kappa shape index (κ1) is 13.0. The fraction of sp³-hybridized carbons (Fsp3) is 0.0667. The molecule has 0 unspecified atom stereocenters. The van der Waals surface area contributed by atoms with Crippen molar-refractivity contribution in [3.05, 3.63) is 71.0 Å². The molecule has 3 nitrogen and oxygen atoms in total. The molecule has 2 aromatic rings. The van der Waals surface area contributed by atoms with Gasteiger partial charge in [0.05, 0.1) is 6.21 Å². The molecule has 2 rings (SSSR count). The molecule has 0 radical (unpaired) electrons. The zero-order valence-corrected chi connectivity index (χ0v) is 10.4. The molecular formula is C15H13FN2O. The normalized spacial score (nSPS) is 10.6. The maximum Gasteiger partial charge on any atom is 0.271 e. The van der Waals surface area contributed by atoms with E-state index in [1.807, 2.05) is 13.0 Å². The van der Waals surface area contributed by atoms with Crippen molar-refractivity contribution >= 4 is 12.1 Å². The van der Waals surface area contributed by atoms with Gasteiger partial charge in [-0.1, -0.05) is 35.9 Å². The minimum absolute atomic E-state index is 0.323. The van der Waals surface area contributed by atoms with Crippen LogP contribution in [0.2, 0.25) is 0 Å². The number of halogens is 1. The third-order valence-electron chi connectivity index (χ3n) is 2.56. The van der Waals surface area contributed by atoms with Crippen LogP contribution < -0.4 is 5.43 Å². The van der Waals surface area contributed by atoms with E-state index in [1.165, 1.54) is 12.3 Å². The molecule has 0 aliphatic rings. The predicted octanol–water partition coefficient (Wildman–Crippen LogP) is 2.90. The SMILES string of the molecule is Cc1cccc(C(=O)NN=Cc2ccccc2F)c1. The summed E-state index contributed by atoms with van der Waals surface area (Å²) in [7, 11) is 0. The maximum absolute atomic E-state index is 13.3. The van der Waals surface area contributed by atoms with Crippen LogP contribution in [0.25, 0.3) is 0 Å². The maximum atomic E-state index is 13.3. The van der Waals surface area contributed by atoms with Crippen LogP contribution in [-0.4, -0.2) is 12.1 Å². The van der Waals surface area contributed by atoms with Crippen molar-refractivity contribution in [2.75, 3.05) is 0 Å². The van der Waals surface area contributed by atoms with Gasteiger partial charge in [-0.25, -0.2) is 9.82 Å². The van der Waals surface area contributed by atoms with Gasteiger partial charge in [-0.2, -0.15) is 5.10 Å². The number of aryl methyl sites for hydroxylation is 1. The van der Waals surface area contributed by atoms with E-state index in [-0.39, 0.29) is 11.7 Å². The average Bonchev–Trinajstić information content (AvgIpc) is 2.41. The Kier molecular flexibility index (Phi) is 4.03. The Hall–Kier alpha value is -2.49. The molecule has 0 aliphatic heterocycles. The summed E-state index contributed by atoms with van der Waals surface area (Å²) in [5, 5.41) is 3.74. The van der Waals surface area contributed by atoms with E-state index >= 15 is 0 Å². The Morgan fingerprint density at radius 3 is 2.74 bits per heavy atom. The Morgan fingerprint density at radius 1 is 1.21 bits per heavy atom. The molecule has 0 spiro atoms. The van der Waals surface area contributed by atoms with Crippen LogP contribution in [0.15, 0.2) is 53.6 Å². The first-order valence-electron chi connectivity index (χ1n) is 5.81. The number of nitrogens with one attached hydrogen (secondary N) is 1. The smallest absolute Gasteiger partial charge is 0.267 e. The van der Waals surface area contributed by atoms with E-state index in [0.29, 0.717) is 11.1 Å². The second-order valence-corrected chi connectivity index (χ2v) is 4.09. The summed E-state index contributed by atoms with van der Waals surface area (Å²) >= 11 is 0. The van der Waals surface area contributed by atoms with Gasteiger partial charge in [0.25, 0.3) is 5.91 Å². The number of benzene rings is 2. The highest BCUT2D eigenvalue weighted by Crippen LogP contribution is 2.04. The summed E-state index contributed by atoms with van der Waals surface area (Å²) in [5.74, 6) is -0.702. The minimum atomic E-state index is -0.379. The summed E-state index contributed by atoms with van der Waals surface area (Å²) in [6.45, 7) is 1.90. The number of carbonyl (C=O) groups excluding carboxylic acids is 1. The predicted molar refractivity (Wildman–Crippen MR) is 72.6 cm³/mol. The van der Waals surface area contributed by atoms with Crippen LogP contribution in [0.5, 0.6) is 0 Å². The van der Waals surface area contributed by atoms with Gasteiger partial charge in [0.15, 0.2) is 0 Å². The largest absolute Gasteiger partial charge is 0.271 e. The molecule has 0 bridgehead atoms. The summed E-state index contributed by atoms with van der Waals surface area (Å²) < 4.78 is 13.3. The van der Waals surface area contributed by atoms with Crippen LogP contribution in [0.1, 0.15) is 21.5 Å². The van der Waals surface area contributed by atoms with Crippen LogP contribution >= 0.6 is 0 Å². The number of hydrogen-bond donors (Lipinski definition) is 1. The van der Waals surface area contributed by atoms with Gasteiger partial charge in [-0.15, -0.1) is 0 Å². The molecular weight excluding hydrogens is 243 g/mol. The zero-order valence-electron chi connectivity index (χ0n) is 10.4. The topological polar surface area (TPSA) is 41.5 Å². The highest BCUT2D eigenvalue weighted by atomic mass is 19.1. The second-order valence-electron chi connectivity index (χ2n) is 4.09. The van der Waals surface area contributed by atoms with Crippen LogP contribution in [0.4, 0.5) is 4.39 Å². The summed E-state index contributed by atoms with van der Waals surface area (Å²) in [6, 6.07) is 13.4. The fourth-order valence-corrected chi connectivity index (χ4v) is 1.59. The van der Waals surface area contributed by atoms with Gasteiger partial charge in [-0.05, 0) is 25.1 Å². The molecule has 0 aromatic heterocycles. The van der Waals surface area contributed by atoms with E-state index in [2.05, 4.69) is 10.5 Å². The van der Waals surface area contributed by atoms with E-state index in [1.54, 1.807) is 36.4 Å². The number of carbonyl (C=O) groups is 1. The number of amides is 1. The Balaban J connectivity index is 2.03. The lowest BCUT2D eigenvalue weighted by atomic mass is 10.1. The first-order chi connectivity index (χ1) is 9.16. The molecule has 96 valence electrons. The van der Waals surface area contributed by atoms with Gasteiger partial charge in [0.1, 0.15) is 5.82 Å². The number of hydrazone groups is 1. The molecule has 0 aliphatic carbocycles. The van der Waals surface area contributed by atoms with Gasteiger partial charge in [-0.3, -0.25) is 4.79 Å². The molecule has 0 saturated heterocycles. The van der Waals surface area contributed by atoms with Gasteiger partial charge in [0.2, 0.25) is 0 Å². The highest BCUT2D eigenvalue weighted by Gasteiger charge is 2.03. The second kappa shape index (κ2) is 5.91. The van der Waals surface area contributed by atoms with Gasteiger partial charge >= 0.3 is 0 Å². The minimum Gasteiger partial charge on any atom is -0.267 e. The third-order valence-corrected chi connectivity index (χ3v) is 2.56. The number of hydrogen-bond acceptors (Lipinski definition) is 2. The van der Waals surface area contributed by atoms with Crippen LogP contribution in [0, 0.1) is 12.7 Å². The van der Waals surface area contributed by atoms with E-state index in [9.17, 15) is 9.18 Å². The summed E-state index contributed by atoms with van der Waals surface area (Å²) in [5.41, 5.74) is 4.20. The van der Waals surface area contributed by atoms with Crippen molar-refractivity contribution in [3.63, 3.8) is 0 Å². The molecule has 1 N–H and O–H groups in total. The Bertz CT molecular complexity index is 623. The molecule has 2 aromatic carbocycles. The van der Waals surface area contributed by atoms with Crippen molar-refractivity contribution in [1.29, 1.82) is 0 Å². The Labute approximate surface area is 110 Å². The van der Waals surface area contributed by atoms with Crippen molar-refractivity contribution < 1.29 is 9.18 Å². The molecule has 0 heterocycles. The molecule has 19 heavy (non-hydrogen) atoms. The quantitative estimate of drug-likeness (QED) is 0.665. The number of nitrogens with zero attached hydrogens (tertiary/aromatic N) is 1. The Morgan fingerprint density at radius 2 is 2.00 bits per heavy atom. The van der Waals surface area contributed by atoms with E-state index in [4.69, 9.17) is 0 Å². The van der Waals surface area contributed by atoms with Crippen molar-refractivity contribution in [1.82, 2.24) is 5.43 Å². The highest BCUT2D eigenvalue weighted by molar-refractivity contribution is 5.95. The standard InChI is InChI=1S/C15H13FN2O/c1-11-5-4-7-12(9-11)15(19)18-17-10-13-6-2-3-8-14(13)16/h2-10H,1H3,(H,18,19). The van der Waals surface area contributed by atoms with Crippen LogP contribution in [0.3, 0.4) is 0 Å². The van der Waals surface area contributed by atoms with Crippen molar-refractivity contribution in [3.8, 4) is 0 Å². The first-order valence-corrected chi connectivity index (χ1v) is 5.81. The lowest BCUT2D eigenvalue weighted by Crippen LogP contribution is -2.17.